The molecular formula is C19H23N3O6S. The number of methoxy groups -OCH3 is 2. The summed E-state index contributed by atoms with van der Waals surface area (Å²) in [6.45, 7) is -0.0811. The van der Waals surface area contributed by atoms with Crippen molar-refractivity contribution >= 4 is 27.5 Å². The van der Waals surface area contributed by atoms with Gasteiger partial charge in [0.25, 0.3) is 0 Å². The molecule has 10 heteroatoms. The van der Waals surface area contributed by atoms with E-state index in [1.165, 1.54) is 32.4 Å². The SMILES string of the molecule is COc1ccc(S(=O)(=O)NCCC(=O)Nc2ccc(CC(N)=O)cc2)cc1OC. The highest BCUT2D eigenvalue weighted by atomic mass is 32.2. The molecule has 0 saturated heterocycles. The van der Waals surface area contributed by atoms with Crippen LogP contribution < -0.4 is 25.2 Å². The Bertz CT molecular complexity index is 974. The standard InChI is InChI=1S/C19H23N3O6S/c1-27-16-8-7-15(12-17(16)28-2)29(25,26)21-10-9-19(24)22-14-5-3-13(4-6-14)11-18(20)23/h3-8,12,21H,9-11H2,1-2H3,(H2,20,23)(H,22,24). The third-order valence-electron chi connectivity index (χ3n) is 3.93. The molecule has 0 fully saturated rings. The minimum atomic E-state index is -3.81. The number of nitrogens with one attached hydrogen (secondary N) is 2. The number of hydrogen-bond donors (Lipinski definition) is 3. The Morgan fingerprint density at radius 3 is 2.24 bits per heavy atom. The van der Waals surface area contributed by atoms with Crippen LogP contribution in [0.5, 0.6) is 11.5 Å². The number of carbonyl (C=O) groups excluding carboxylic acids is 2. The van der Waals surface area contributed by atoms with E-state index in [1.807, 2.05) is 0 Å². The average Bonchev–Trinajstić information content (AvgIpc) is 2.68. The smallest absolute Gasteiger partial charge is 0.240 e. The fourth-order valence-corrected chi connectivity index (χ4v) is 3.54. The van der Waals surface area contributed by atoms with E-state index in [0.717, 1.165) is 5.56 Å². The topological polar surface area (TPSA) is 137 Å². The molecule has 0 aliphatic carbocycles. The molecule has 0 bridgehead atoms. The lowest BCUT2D eigenvalue weighted by molar-refractivity contribution is -0.117. The Balaban J connectivity index is 1.89. The molecule has 0 heterocycles. The van der Waals surface area contributed by atoms with Gasteiger partial charge < -0.3 is 20.5 Å². The van der Waals surface area contributed by atoms with Crippen molar-refractivity contribution in [3.63, 3.8) is 0 Å². The number of ether oxygens (including phenoxy) is 2. The summed E-state index contributed by atoms with van der Waals surface area (Å²) in [4.78, 5) is 22.9. The first-order chi connectivity index (χ1) is 13.7. The first-order valence-corrected chi connectivity index (χ1v) is 10.1. The molecule has 2 aromatic rings. The average molecular weight is 421 g/mol. The predicted molar refractivity (Wildman–Crippen MR) is 107 cm³/mol. The molecule has 0 spiro atoms. The van der Waals surface area contributed by atoms with Crippen LogP contribution in [0.25, 0.3) is 0 Å². The number of carbonyl (C=O) groups is 2. The third-order valence-corrected chi connectivity index (χ3v) is 5.38. The molecule has 0 aromatic heterocycles. The van der Waals surface area contributed by atoms with Gasteiger partial charge in [0, 0.05) is 24.7 Å². The highest BCUT2D eigenvalue weighted by Gasteiger charge is 2.17. The van der Waals surface area contributed by atoms with Crippen LogP contribution >= 0.6 is 0 Å². The molecule has 2 aromatic carbocycles. The number of rotatable bonds is 10. The zero-order valence-corrected chi connectivity index (χ0v) is 16.9. The quantitative estimate of drug-likeness (QED) is 0.524. The van der Waals surface area contributed by atoms with Crippen molar-refractivity contribution in [2.75, 3.05) is 26.1 Å². The summed E-state index contributed by atoms with van der Waals surface area (Å²) in [6.07, 6.45) is 0.0573. The minimum absolute atomic E-state index is 0.000554. The van der Waals surface area contributed by atoms with Gasteiger partial charge in [-0.15, -0.1) is 0 Å². The van der Waals surface area contributed by atoms with Crippen LogP contribution in [0.1, 0.15) is 12.0 Å². The van der Waals surface area contributed by atoms with Crippen LogP contribution in [0.4, 0.5) is 5.69 Å². The molecule has 2 rings (SSSR count). The molecular weight excluding hydrogens is 398 g/mol. The minimum Gasteiger partial charge on any atom is -0.493 e. The highest BCUT2D eigenvalue weighted by molar-refractivity contribution is 7.89. The molecule has 0 unspecified atom stereocenters. The van der Waals surface area contributed by atoms with Crippen LogP contribution in [0.3, 0.4) is 0 Å². The monoisotopic (exact) mass is 421 g/mol. The largest absolute Gasteiger partial charge is 0.493 e. The van der Waals surface area contributed by atoms with Gasteiger partial charge in [-0.25, -0.2) is 13.1 Å². The maximum absolute atomic E-state index is 12.4. The van der Waals surface area contributed by atoms with Crippen molar-refractivity contribution in [2.45, 2.75) is 17.7 Å². The molecule has 0 radical (unpaired) electrons. The zero-order chi connectivity index (χ0) is 21.4. The molecule has 0 saturated carbocycles. The maximum atomic E-state index is 12.4. The van der Waals surface area contributed by atoms with Crippen LogP contribution in [-0.4, -0.2) is 41.0 Å². The molecule has 156 valence electrons. The van der Waals surface area contributed by atoms with Gasteiger partial charge in [0.1, 0.15) is 0 Å². The Morgan fingerprint density at radius 1 is 1.00 bits per heavy atom. The summed E-state index contributed by atoms with van der Waals surface area (Å²) in [5.41, 5.74) is 6.40. The van der Waals surface area contributed by atoms with Crippen molar-refractivity contribution < 1.29 is 27.5 Å². The van der Waals surface area contributed by atoms with Gasteiger partial charge in [-0.3, -0.25) is 9.59 Å². The third kappa shape index (κ3) is 6.47. The number of amides is 2. The molecule has 0 aliphatic heterocycles. The molecule has 2 amide bonds. The van der Waals surface area contributed by atoms with Gasteiger partial charge in [0.05, 0.1) is 25.5 Å². The van der Waals surface area contributed by atoms with E-state index in [9.17, 15) is 18.0 Å². The molecule has 9 nitrogen and oxygen atoms in total. The lowest BCUT2D eigenvalue weighted by Gasteiger charge is -2.11. The van der Waals surface area contributed by atoms with Crippen LogP contribution in [0.15, 0.2) is 47.4 Å². The summed E-state index contributed by atoms with van der Waals surface area (Å²) in [5.74, 6) is -0.105. The van der Waals surface area contributed by atoms with Crippen molar-refractivity contribution in [1.82, 2.24) is 4.72 Å². The number of anilines is 1. The van der Waals surface area contributed by atoms with Gasteiger partial charge in [-0.1, -0.05) is 12.1 Å². The molecule has 4 N–H and O–H groups in total. The molecule has 0 aliphatic rings. The number of primary amides is 1. The second-order valence-corrected chi connectivity index (χ2v) is 7.82. The van der Waals surface area contributed by atoms with Crippen LogP contribution in [0.2, 0.25) is 0 Å². The van der Waals surface area contributed by atoms with Crippen LogP contribution in [0, 0.1) is 0 Å². The first kappa shape index (κ1) is 22.2. The normalized spacial score (nSPS) is 11.0. The lowest BCUT2D eigenvalue weighted by atomic mass is 10.1. The van der Waals surface area contributed by atoms with Gasteiger partial charge in [-0.05, 0) is 29.8 Å². The second-order valence-electron chi connectivity index (χ2n) is 6.05. The second kappa shape index (κ2) is 9.89. The Hall–Kier alpha value is -3.11. The lowest BCUT2D eigenvalue weighted by Crippen LogP contribution is -2.27. The van der Waals surface area contributed by atoms with Crippen molar-refractivity contribution in [3.05, 3.63) is 48.0 Å². The Morgan fingerprint density at radius 2 is 1.66 bits per heavy atom. The summed E-state index contributed by atoms with van der Waals surface area (Å²) >= 11 is 0. The summed E-state index contributed by atoms with van der Waals surface area (Å²) in [5, 5.41) is 2.66. The van der Waals surface area contributed by atoms with E-state index in [1.54, 1.807) is 24.3 Å². The Kier molecular flexibility index (Phi) is 7.57. The van der Waals surface area contributed by atoms with E-state index < -0.39 is 15.9 Å². The van der Waals surface area contributed by atoms with E-state index in [0.29, 0.717) is 11.4 Å². The molecule has 29 heavy (non-hydrogen) atoms. The number of sulfonamides is 1. The number of benzene rings is 2. The fourth-order valence-electron chi connectivity index (χ4n) is 2.50. The van der Waals surface area contributed by atoms with E-state index in [-0.39, 0.29) is 35.9 Å². The van der Waals surface area contributed by atoms with Gasteiger partial charge in [-0.2, -0.15) is 0 Å². The van der Waals surface area contributed by atoms with Crippen LogP contribution in [-0.2, 0) is 26.0 Å². The van der Waals surface area contributed by atoms with Crippen molar-refractivity contribution in [2.24, 2.45) is 5.73 Å². The zero-order valence-electron chi connectivity index (χ0n) is 16.1. The molecule has 0 atom stereocenters. The van der Waals surface area contributed by atoms with Gasteiger partial charge >= 0.3 is 0 Å². The van der Waals surface area contributed by atoms with Gasteiger partial charge in [0.2, 0.25) is 21.8 Å². The number of nitrogens with two attached hydrogens (primary N) is 1. The summed E-state index contributed by atoms with van der Waals surface area (Å²) in [7, 11) is -0.951. The van der Waals surface area contributed by atoms with E-state index in [4.69, 9.17) is 15.2 Å². The number of hydrogen-bond acceptors (Lipinski definition) is 6. The fraction of sp³-hybridized carbons (Fsp3) is 0.263. The van der Waals surface area contributed by atoms with Crippen molar-refractivity contribution in [1.29, 1.82) is 0 Å². The Labute approximate surface area is 169 Å². The maximum Gasteiger partial charge on any atom is 0.240 e. The van der Waals surface area contributed by atoms with E-state index >= 15 is 0 Å². The highest BCUT2D eigenvalue weighted by Crippen LogP contribution is 2.29. The first-order valence-electron chi connectivity index (χ1n) is 8.64. The van der Waals surface area contributed by atoms with E-state index in [2.05, 4.69) is 10.0 Å². The predicted octanol–water partition coefficient (Wildman–Crippen LogP) is 1.04. The van der Waals surface area contributed by atoms with Gasteiger partial charge in [0.15, 0.2) is 11.5 Å². The summed E-state index contributed by atoms with van der Waals surface area (Å²) < 4.78 is 37.3. The summed E-state index contributed by atoms with van der Waals surface area (Å²) in [6, 6.07) is 10.9. The van der Waals surface area contributed by atoms with Crippen molar-refractivity contribution in [3.8, 4) is 11.5 Å².